The standard InChI is InChI=1S/C8H8N2O2.C2H4O2.Na.H/c9-7(11)5-2-1-3-6(4-5)8(10)12;1-2(3)4;;/h1-4H,(H2,9,11)(H2,10,12);1H3,(H,3,4);;/q;;+1;-1. The fourth-order valence-electron chi connectivity index (χ4n) is 0.826. The molecule has 0 spiro atoms. The van der Waals surface area contributed by atoms with E-state index in [-0.39, 0.29) is 42.1 Å². The van der Waals surface area contributed by atoms with Gasteiger partial charge >= 0.3 is 29.6 Å². The number of aliphatic carboxylic acids is 1. The van der Waals surface area contributed by atoms with Crippen molar-refractivity contribution in [2.75, 3.05) is 0 Å². The normalized spacial score (nSPS) is 8.06. The van der Waals surface area contributed by atoms with Crippen molar-refractivity contribution in [3.8, 4) is 0 Å². The molecule has 0 aliphatic heterocycles. The summed E-state index contributed by atoms with van der Waals surface area (Å²) in [7, 11) is 0. The molecule has 7 heteroatoms. The summed E-state index contributed by atoms with van der Waals surface area (Å²) in [5.74, 6) is -1.98. The van der Waals surface area contributed by atoms with Crippen molar-refractivity contribution in [2.45, 2.75) is 6.92 Å². The summed E-state index contributed by atoms with van der Waals surface area (Å²) < 4.78 is 0. The first kappa shape index (κ1) is 18.0. The molecule has 5 N–H and O–H groups in total. The predicted octanol–water partition coefficient (Wildman–Crippen LogP) is -2.91. The first-order valence-electron chi connectivity index (χ1n) is 4.23. The van der Waals surface area contributed by atoms with Crippen molar-refractivity contribution in [1.29, 1.82) is 0 Å². The minimum absolute atomic E-state index is 0. The molecular weight excluding hydrogens is 235 g/mol. The topological polar surface area (TPSA) is 123 Å². The van der Waals surface area contributed by atoms with Crippen LogP contribution in [-0.4, -0.2) is 22.9 Å². The third kappa shape index (κ3) is 8.44. The van der Waals surface area contributed by atoms with Crippen LogP contribution >= 0.6 is 0 Å². The molecule has 0 aliphatic rings. The molecule has 0 fully saturated rings. The van der Waals surface area contributed by atoms with E-state index in [0.717, 1.165) is 6.92 Å². The second-order valence-corrected chi connectivity index (χ2v) is 2.83. The molecular formula is C10H13N2NaO4. The van der Waals surface area contributed by atoms with Gasteiger partial charge in [-0.05, 0) is 18.2 Å². The van der Waals surface area contributed by atoms with E-state index in [9.17, 15) is 9.59 Å². The third-order valence-electron chi connectivity index (χ3n) is 1.43. The number of hydrogen-bond donors (Lipinski definition) is 3. The van der Waals surface area contributed by atoms with Crippen LogP contribution in [0.4, 0.5) is 0 Å². The van der Waals surface area contributed by atoms with Crippen molar-refractivity contribution in [2.24, 2.45) is 11.5 Å². The van der Waals surface area contributed by atoms with Gasteiger partial charge < -0.3 is 18.0 Å². The van der Waals surface area contributed by atoms with E-state index in [1.54, 1.807) is 6.07 Å². The van der Waals surface area contributed by atoms with Crippen molar-refractivity contribution in [3.63, 3.8) is 0 Å². The Morgan fingerprint density at radius 2 is 1.41 bits per heavy atom. The van der Waals surface area contributed by atoms with E-state index in [0.29, 0.717) is 0 Å². The second kappa shape index (κ2) is 8.74. The minimum Gasteiger partial charge on any atom is -1.00 e. The molecule has 0 unspecified atom stereocenters. The van der Waals surface area contributed by atoms with Crippen LogP contribution in [0.1, 0.15) is 29.1 Å². The molecule has 0 saturated heterocycles. The van der Waals surface area contributed by atoms with Gasteiger partial charge in [0.2, 0.25) is 11.8 Å². The second-order valence-electron chi connectivity index (χ2n) is 2.83. The number of benzene rings is 1. The maximum atomic E-state index is 10.6. The fourth-order valence-corrected chi connectivity index (χ4v) is 0.826. The zero-order valence-electron chi connectivity index (χ0n) is 10.6. The molecule has 0 heterocycles. The molecule has 2 amide bonds. The number of carboxylic acids is 1. The summed E-state index contributed by atoms with van der Waals surface area (Å²) in [6.45, 7) is 1.08. The van der Waals surface area contributed by atoms with Gasteiger partial charge in [0.1, 0.15) is 0 Å². The average Bonchev–Trinajstić information content (AvgIpc) is 2.17. The van der Waals surface area contributed by atoms with Crippen LogP contribution in [-0.2, 0) is 4.79 Å². The summed E-state index contributed by atoms with van der Waals surface area (Å²) in [4.78, 5) is 30.3. The molecule has 88 valence electrons. The number of hydrogen-bond acceptors (Lipinski definition) is 3. The van der Waals surface area contributed by atoms with Gasteiger partial charge in [-0.2, -0.15) is 0 Å². The predicted molar refractivity (Wildman–Crippen MR) is 57.9 cm³/mol. The molecule has 0 atom stereocenters. The smallest absolute Gasteiger partial charge is 1.00 e. The van der Waals surface area contributed by atoms with Crippen molar-refractivity contribution < 1.29 is 50.5 Å². The van der Waals surface area contributed by atoms with Crippen LogP contribution < -0.4 is 41.0 Å². The molecule has 1 aromatic carbocycles. The summed E-state index contributed by atoms with van der Waals surface area (Å²) in [6.07, 6.45) is 0. The monoisotopic (exact) mass is 248 g/mol. The van der Waals surface area contributed by atoms with Gasteiger partial charge in [0, 0.05) is 18.1 Å². The van der Waals surface area contributed by atoms with Gasteiger partial charge in [0.05, 0.1) is 0 Å². The summed E-state index contributed by atoms with van der Waals surface area (Å²) in [5, 5.41) is 7.42. The summed E-state index contributed by atoms with van der Waals surface area (Å²) in [6, 6.07) is 5.97. The molecule has 0 radical (unpaired) electrons. The number of rotatable bonds is 2. The SMILES string of the molecule is CC(=O)O.NC(=O)c1cccc(C(N)=O)c1.[H-].[Na+]. The van der Waals surface area contributed by atoms with E-state index in [4.69, 9.17) is 21.4 Å². The maximum Gasteiger partial charge on any atom is 1.00 e. The van der Waals surface area contributed by atoms with Crippen LogP contribution in [0.25, 0.3) is 0 Å². The Morgan fingerprint density at radius 3 is 1.65 bits per heavy atom. The number of carboxylic acid groups (broad SMARTS) is 1. The molecule has 0 saturated carbocycles. The van der Waals surface area contributed by atoms with Crippen molar-refractivity contribution in [3.05, 3.63) is 35.4 Å². The molecule has 1 aromatic rings. The Morgan fingerprint density at radius 1 is 1.12 bits per heavy atom. The number of nitrogens with two attached hydrogens (primary N) is 2. The number of carbonyl (C=O) groups excluding carboxylic acids is 2. The van der Waals surface area contributed by atoms with Gasteiger partial charge in [-0.1, -0.05) is 6.07 Å². The van der Waals surface area contributed by atoms with Crippen LogP contribution in [0, 0.1) is 0 Å². The largest absolute Gasteiger partial charge is 1.00 e. The van der Waals surface area contributed by atoms with Crippen LogP contribution in [0.15, 0.2) is 24.3 Å². The van der Waals surface area contributed by atoms with Gasteiger partial charge in [-0.3, -0.25) is 14.4 Å². The number of carbonyl (C=O) groups is 3. The van der Waals surface area contributed by atoms with Crippen molar-refractivity contribution in [1.82, 2.24) is 0 Å². The average molecular weight is 248 g/mol. The Bertz CT molecular complexity index is 393. The summed E-state index contributed by atoms with van der Waals surface area (Å²) in [5.41, 5.74) is 10.6. The molecule has 6 nitrogen and oxygen atoms in total. The zero-order valence-corrected chi connectivity index (χ0v) is 11.6. The Labute approximate surface area is 122 Å². The number of primary amides is 2. The zero-order chi connectivity index (χ0) is 12.7. The molecule has 17 heavy (non-hydrogen) atoms. The summed E-state index contributed by atoms with van der Waals surface area (Å²) >= 11 is 0. The Kier molecular flexibility index (Phi) is 9.26. The minimum atomic E-state index is -0.833. The van der Waals surface area contributed by atoms with Crippen LogP contribution in [0.5, 0.6) is 0 Å². The first-order valence-corrected chi connectivity index (χ1v) is 4.23. The van der Waals surface area contributed by atoms with E-state index >= 15 is 0 Å². The Hall–Kier alpha value is -1.37. The molecule has 0 aromatic heterocycles. The van der Waals surface area contributed by atoms with Crippen LogP contribution in [0.2, 0.25) is 0 Å². The van der Waals surface area contributed by atoms with Crippen molar-refractivity contribution >= 4 is 17.8 Å². The van der Waals surface area contributed by atoms with E-state index < -0.39 is 17.8 Å². The molecule has 0 bridgehead atoms. The van der Waals surface area contributed by atoms with Gasteiger partial charge in [-0.25, -0.2) is 0 Å². The van der Waals surface area contributed by atoms with E-state index in [2.05, 4.69) is 0 Å². The van der Waals surface area contributed by atoms with Gasteiger partial charge in [0.25, 0.3) is 5.97 Å². The van der Waals surface area contributed by atoms with Crippen LogP contribution in [0.3, 0.4) is 0 Å². The number of amides is 2. The maximum absolute atomic E-state index is 10.6. The molecule has 0 aliphatic carbocycles. The van der Waals surface area contributed by atoms with Gasteiger partial charge in [-0.15, -0.1) is 0 Å². The quantitative estimate of drug-likeness (QED) is 0.485. The molecule has 1 rings (SSSR count). The van der Waals surface area contributed by atoms with E-state index in [1.165, 1.54) is 18.2 Å². The Balaban J connectivity index is -0.000000332. The van der Waals surface area contributed by atoms with E-state index in [1.807, 2.05) is 0 Å². The first-order chi connectivity index (χ1) is 7.34. The third-order valence-corrected chi connectivity index (χ3v) is 1.43. The van der Waals surface area contributed by atoms with Gasteiger partial charge in [0.15, 0.2) is 0 Å². The fraction of sp³-hybridized carbons (Fsp3) is 0.100.